The Morgan fingerprint density at radius 2 is 1.68 bits per heavy atom. The molecule has 4 N–H and O–H groups in total. The van der Waals surface area contributed by atoms with E-state index in [-0.39, 0.29) is 25.3 Å². The summed E-state index contributed by atoms with van der Waals surface area (Å²) >= 11 is 0. The van der Waals surface area contributed by atoms with Gasteiger partial charge in [0.15, 0.2) is 0 Å². The van der Waals surface area contributed by atoms with Crippen LogP contribution in [0.5, 0.6) is 11.5 Å². The molecule has 0 aromatic heterocycles. The molecule has 4 amide bonds. The highest BCUT2D eigenvalue weighted by Crippen LogP contribution is 2.31. The first-order valence-electron chi connectivity index (χ1n) is 13.0. The van der Waals surface area contributed by atoms with Gasteiger partial charge >= 0.3 is 12.0 Å². The van der Waals surface area contributed by atoms with Crippen molar-refractivity contribution < 1.29 is 33.8 Å². The summed E-state index contributed by atoms with van der Waals surface area (Å²) in [5.74, 6) is -1.59. The number of carbonyl (C=O) groups is 4. The maximum Gasteiger partial charge on any atom is 0.319 e. The zero-order valence-corrected chi connectivity index (χ0v) is 22.8. The lowest BCUT2D eigenvalue weighted by Gasteiger charge is -2.21. The van der Waals surface area contributed by atoms with Crippen molar-refractivity contribution in [3.63, 3.8) is 0 Å². The van der Waals surface area contributed by atoms with E-state index in [4.69, 9.17) is 9.47 Å². The molecular weight excluding hydrogens is 528 g/mol. The predicted octanol–water partition coefficient (Wildman–Crippen LogP) is 3.71. The molecule has 214 valence electrons. The van der Waals surface area contributed by atoms with Crippen molar-refractivity contribution in [3.8, 4) is 11.5 Å². The van der Waals surface area contributed by atoms with Gasteiger partial charge in [0.1, 0.15) is 11.5 Å². The Morgan fingerprint density at radius 3 is 2.34 bits per heavy atom. The van der Waals surface area contributed by atoms with E-state index >= 15 is 0 Å². The number of carboxylic acids is 1. The van der Waals surface area contributed by atoms with Crippen LogP contribution in [0.3, 0.4) is 0 Å². The van der Waals surface area contributed by atoms with E-state index in [1.807, 2.05) is 30.3 Å². The lowest BCUT2D eigenvalue weighted by molar-refractivity contribution is -0.138. The number of amides is 4. The molecule has 41 heavy (non-hydrogen) atoms. The van der Waals surface area contributed by atoms with Crippen molar-refractivity contribution in [1.29, 1.82) is 0 Å². The first-order valence-corrected chi connectivity index (χ1v) is 13.0. The molecule has 1 aliphatic heterocycles. The monoisotopic (exact) mass is 560 g/mol. The van der Waals surface area contributed by atoms with Crippen molar-refractivity contribution in [1.82, 2.24) is 10.6 Å². The Bertz CT molecular complexity index is 1390. The highest BCUT2D eigenvalue weighted by atomic mass is 16.5. The van der Waals surface area contributed by atoms with Gasteiger partial charge in [-0.25, -0.2) is 4.79 Å². The van der Waals surface area contributed by atoms with E-state index in [2.05, 4.69) is 16.0 Å². The van der Waals surface area contributed by atoms with Gasteiger partial charge in [0, 0.05) is 37.0 Å². The van der Waals surface area contributed by atoms with Crippen molar-refractivity contribution in [2.45, 2.75) is 25.4 Å². The first kappa shape index (κ1) is 28.9. The second-order valence-electron chi connectivity index (χ2n) is 9.55. The number of ether oxygens (including phenoxy) is 2. The van der Waals surface area contributed by atoms with Crippen molar-refractivity contribution in [2.75, 3.05) is 31.0 Å². The smallest absolute Gasteiger partial charge is 0.319 e. The number of rotatable bonds is 11. The molecule has 11 heteroatoms. The maximum absolute atomic E-state index is 13.2. The van der Waals surface area contributed by atoms with Gasteiger partial charge in [0.25, 0.3) is 0 Å². The summed E-state index contributed by atoms with van der Waals surface area (Å²) in [4.78, 5) is 51.6. The highest BCUT2D eigenvalue weighted by molar-refractivity contribution is 6.01. The summed E-state index contributed by atoms with van der Waals surface area (Å²) < 4.78 is 10.6. The third-order valence-electron chi connectivity index (χ3n) is 6.68. The largest absolute Gasteiger partial charge is 0.497 e. The van der Waals surface area contributed by atoms with Crippen LogP contribution in [0.15, 0.2) is 72.8 Å². The van der Waals surface area contributed by atoms with Gasteiger partial charge in [-0.1, -0.05) is 36.4 Å². The molecule has 2 atom stereocenters. The number of nitrogens with zero attached hydrogens (tertiary/aromatic N) is 1. The zero-order valence-electron chi connectivity index (χ0n) is 22.8. The van der Waals surface area contributed by atoms with Gasteiger partial charge < -0.3 is 35.4 Å². The SMILES string of the molecule is COc1cc(OC)cc(C(CC(=O)O)NC(=O)C2CC(=O)N(c3cccc(NC(=O)NCc4ccccc4)c3)C2)c1. The average molecular weight is 561 g/mol. The van der Waals surface area contributed by atoms with E-state index in [1.165, 1.54) is 19.1 Å². The third-order valence-corrected chi connectivity index (χ3v) is 6.68. The standard InChI is InChI=1S/C30H32N4O7/c1-40-24-11-20(12-25(15-24)41-2)26(16-28(36)37)33-29(38)21-13-27(35)34(18-21)23-10-6-9-22(14-23)32-30(39)31-17-19-7-4-3-5-8-19/h3-12,14-15,21,26H,13,16-18H2,1-2H3,(H,33,38)(H,36,37)(H2,31,32,39). The molecule has 1 heterocycles. The molecular formula is C30H32N4O7. The summed E-state index contributed by atoms with van der Waals surface area (Å²) in [7, 11) is 2.95. The Labute approximate surface area is 237 Å². The molecule has 1 aliphatic rings. The summed E-state index contributed by atoms with van der Waals surface area (Å²) in [5.41, 5.74) is 2.48. The van der Waals surface area contributed by atoms with E-state index < -0.39 is 29.9 Å². The molecule has 11 nitrogen and oxygen atoms in total. The van der Waals surface area contributed by atoms with Crippen LogP contribution >= 0.6 is 0 Å². The number of aliphatic carboxylic acids is 1. The highest BCUT2D eigenvalue weighted by Gasteiger charge is 2.36. The van der Waals surface area contributed by atoms with Crippen LogP contribution in [0.25, 0.3) is 0 Å². The molecule has 1 saturated heterocycles. The normalized spacial score (nSPS) is 15.1. The fraction of sp³-hybridized carbons (Fsp3) is 0.267. The van der Waals surface area contributed by atoms with Crippen LogP contribution in [0.4, 0.5) is 16.2 Å². The molecule has 2 unspecified atom stereocenters. The number of hydrogen-bond acceptors (Lipinski definition) is 6. The molecule has 0 bridgehead atoms. The van der Waals surface area contributed by atoms with Crippen LogP contribution in [0.2, 0.25) is 0 Å². The van der Waals surface area contributed by atoms with Crippen molar-refractivity contribution in [2.24, 2.45) is 5.92 Å². The minimum Gasteiger partial charge on any atom is -0.497 e. The number of anilines is 2. The van der Waals surface area contributed by atoms with Crippen molar-refractivity contribution in [3.05, 3.63) is 83.9 Å². The second-order valence-corrected chi connectivity index (χ2v) is 9.55. The Balaban J connectivity index is 1.41. The number of carboxylic acid groups (broad SMARTS) is 1. The van der Waals surface area contributed by atoms with Gasteiger partial charge in [-0.15, -0.1) is 0 Å². The van der Waals surface area contributed by atoms with E-state index in [9.17, 15) is 24.3 Å². The Hall–Kier alpha value is -5.06. The van der Waals surface area contributed by atoms with Crippen LogP contribution in [0.1, 0.15) is 30.0 Å². The number of urea groups is 1. The molecule has 0 aliphatic carbocycles. The lowest BCUT2D eigenvalue weighted by Crippen LogP contribution is -2.36. The van der Waals surface area contributed by atoms with Crippen LogP contribution in [-0.2, 0) is 20.9 Å². The molecule has 0 saturated carbocycles. The van der Waals surface area contributed by atoms with Gasteiger partial charge in [0.2, 0.25) is 11.8 Å². The van der Waals surface area contributed by atoms with Gasteiger partial charge in [-0.3, -0.25) is 14.4 Å². The number of hydrogen-bond donors (Lipinski definition) is 4. The van der Waals surface area contributed by atoms with E-state index in [1.54, 1.807) is 42.5 Å². The maximum atomic E-state index is 13.2. The van der Waals surface area contributed by atoms with Crippen LogP contribution in [0, 0.1) is 5.92 Å². The number of carbonyl (C=O) groups excluding carboxylic acids is 3. The number of nitrogens with one attached hydrogen (secondary N) is 3. The second kappa shape index (κ2) is 13.3. The molecule has 3 aromatic rings. The van der Waals surface area contributed by atoms with Gasteiger partial charge in [-0.2, -0.15) is 0 Å². The number of benzene rings is 3. The minimum absolute atomic E-state index is 0.0394. The molecule has 3 aromatic carbocycles. The van der Waals surface area contributed by atoms with E-state index in [0.717, 1.165) is 5.56 Å². The van der Waals surface area contributed by atoms with Crippen LogP contribution < -0.4 is 30.3 Å². The molecule has 0 spiro atoms. The Kier molecular flexibility index (Phi) is 9.41. The first-order chi connectivity index (χ1) is 19.7. The van der Waals surface area contributed by atoms with Crippen molar-refractivity contribution >= 4 is 35.2 Å². The predicted molar refractivity (Wildman–Crippen MR) is 152 cm³/mol. The van der Waals surface area contributed by atoms with E-state index in [0.29, 0.717) is 35.0 Å². The summed E-state index contributed by atoms with van der Waals surface area (Å²) in [6, 6.07) is 19.9. The minimum atomic E-state index is -1.10. The number of methoxy groups -OCH3 is 2. The molecule has 1 fully saturated rings. The quantitative estimate of drug-likeness (QED) is 0.280. The van der Waals surface area contributed by atoms with Crippen LogP contribution in [-0.4, -0.2) is 49.7 Å². The average Bonchev–Trinajstić information content (AvgIpc) is 3.37. The summed E-state index contributed by atoms with van der Waals surface area (Å²) in [6.07, 6.45) is -0.408. The lowest BCUT2D eigenvalue weighted by atomic mass is 10.0. The zero-order chi connectivity index (χ0) is 29.4. The van der Waals surface area contributed by atoms with Gasteiger partial charge in [0.05, 0.1) is 32.6 Å². The molecule has 4 rings (SSSR count). The third kappa shape index (κ3) is 7.75. The van der Waals surface area contributed by atoms with Gasteiger partial charge in [-0.05, 0) is 41.5 Å². The fourth-order valence-electron chi connectivity index (χ4n) is 4.58. The Morgan fingerprint density at radius 1 is 0.976 bits per heavy atom. The summed E-state index contributed by atoms with van der Waals surface area (Å²) in [5, 5.41) is 17.8. The summed E-state index contributed by atoms with van der Waals surface area (Å²) in [6.45, 7) is 0.467. The fourth-order valence-corrected chi connectivity index (χ4v) is 4.58. The topological polar surface area (TPSA) is 146 Å². The molecule has 0 radical (unpaired) electrons.